The van der Waals surface area contributed by atoms with E-state index in [4.69, 9.17) is 0 Å². The minimum Gasteiger partial charge on any atom is -0.285 e. The molecular weight excluding hydrogens is 306 g/mol. The van der Waals surface area contributed by atoms with Crippen LogP contribution in [0.25, 0.3) is 0 Å². The quantitative estimate of drug-likeness (QED) is 0.277. The van der Waals surface area contributed by atoms with Crippen molar-refractivity contribution in [1.29, 1.82) is 0 Å². The zero-order valence-electron chi connectivity index (χ0n) is 14.6. The Hall–Kier alpha value is -1.69. The number of carbonyl (C=O) groups excluding carboxylic acids is 1. The van der Waals surface area contributed by atoms with Crippen LogP contribution < -0.4 is 0 Å². The number of rotatable bonds is 11. The smallest absolute Gasteiger partial charge is 0.285 e. The first-order chi connectivity index (χ1) is 11.5. The van der Waals surface area contributed by atoms with Gasteiger partial charge in [-0.25, -0.2) is 0 Å². The zero-order valence-corrected chi connectivity index (χ0v) is 14.6. The Balaban J connectivity index is 2.15. The summed E-state index contributed by atoms with van der Waals surface area (Å²) in [5, 5.41) is 0. The highest BCUT2D eigenvalue weighted by Crippen LogP contribution is 2.21. The van der Waals surface area contributed by atoms with Gasteiger partial charge in [0.15, 0.2) is 0 Å². The molecule has 0 bridgehead atoms. The van der Waals surface area contributed by atoms with Crippen LogP contribution in [-0.2, 0) is 11.2 Å². The van der Waals surface area contributed by atoms with E-state index in [1.807, 2.05) is 31.0 Å². The number of hydrogen-bond acceptors (Lipinski definition) is 1. The Morgan fingerprint density at radius 1 is 1.00 bits per heavy atom. The van der Waals surface area contributed by atoms with Gasteiger partial charge in [0.05, 0.1) is 0 Å². The van der Waals surface area contributed by atoms with E-state index >= 15 is 0 Å². The van der Waals surface area contributed by atoms with E-state index in [1.165, 1.54) is 5.56 Å². The number of benzene rings is 1. The molecular formula is C21H28F2O. The maximum Gasteiger partial charge on any atom is 0.308 e. The maximum absolute atomic E-state index is 13.6. The van der Waals surface area contributed by atoms with Gasteiger partial charge in [-0.2, -0.15) is 8.78 Å². The van der Waals surface area contributed by atoms with Crippen LogP contribution in [0.5, 0.6) is 0 Å². The summed E-state index contributed by atoms with van der Waals surface area (Å²) in [5.74, 6) is 0.575. The predicted octanol–water partition coefficient (Wildman–Crippen LogP) is 5.97. The van der Waals surface area contributed by atoms with Gasteiger partial charge in [0, 0.05) is 12.8 Å². The fourth-order valence-corrected chi connectivity index (χ4v) is 2.50. The van der Waals surface area contributed by atoms with Crippen LogP contribution in [0, 0.1) is 11.8 Å². The van der Waals surface area contributed by atoms with Crippen molar-refractivity contribution in [3.8, 4) is 11.8 Å². The zero-order chi connectivity index (χ0) is 17.7. The normalized spacial score (nSPS) is 11.0. The number of halogens is 2. The minimum absolute atomic E-state index is 0.256. The van der Waals surface area contributed by atoms with Crippen molar-refractivity contribution in [2.24, 2.45) is 0 Å². The van der Waals surface area contributed by atoms with Gasteiger partial charge in [-0.05, 0) is 43.1 Å². The van der Waals surface area contributed by atoms with Gasteiger partial charge in [-0.3, -0.25) is 4.79 Å². The van der Waals surface area contributed by atoms with Crippen LogP contribution >= 0.6 is 0 Å². The van der Waals surface area contributed by atoms with E-state index in [0.717, 1.165) is 44.9 Å². The van der Waals surface area contributed by atoms with Gasteiger partial charge in [-0.1, -0.05) is 62.9 Å². The maximum atomic E-state index is 13.6. The second-order valence-electron chi connectivity index (χ2n) is 6.23. The lowest BCUT2D eigenvalue weighted by atomic mass is 10.0. The van der Waals surface area contributed by atoms with Crippen molar-refractivity contribution < 1.29 is 13.6 Å². The SMILES string of the molecule is CCCCCC(=O)C#CC(F)(F)CCCCCCc1ccccc1. The van der Waals surface area contributed by atoms with Crippen LogP contribution in [0.1, 0.15) is 70.3 Å². The molecule has 1 nitrogen and oxygen atoms in total. The summed E-state index contributed by atoms with van der Waals surface area (Å²) in [4.78, 5) is 11.4. The van der Waals surface area contributed by atoms with Crippen LogP contribution in [-0.4, -0.2) is 11.7 Å². The topological polar surface area (TPSA) is 17.1 Å². The van der Waals surface area contributed by atoms with E-state index < -0.39 is 5.92 Å². The lowest BCUT2D eigenvalue weighted by Crippen LogP contribution is -2.13. The molecule has 132 valence electrons. The van der Waals surface area contributed by atoms with Crippen molar-refractivity contribution in [1.82, 2.24) is 0 Å². The minimum atomic E-state index is -3.04. The fourth-order valence-electron chi connectivity index (χ4n) is 2.50. The van der Waals surface area contributed by atoms with Gasteiger partial charge in [-0.15, -0.1) is 0 Å². The molecule has 0 heterocycles. The molecule has 0 aliphatic rings. The molecule has 0 saturated heterocycles. The Morgan fingerprint density at radius 3 is 2.42 bits per heavy atom. The van der Waals surface area contributed by atoms with E-state index in [9.17, 15) is 13.6 Å². The number of hydrogen-bond donors (Lipinski definition) is 0. The molecule has 0 aliphatic carbocycles. The van der Waals surface area contributed by atoms with Gasteiger partial charge < -0.3 is 0 Å². The molecule has 0 fully saturated rings. The molecule has 0 aliphatic heterocycles. The number of unbranched alkanes of at least 4 members (excludes halogenated alkanes) is 5. The standard InChI is InChI=1S/C21H28F2O/c1-2-3-7-15-20(24)16-18-21(22,23)17-11-5-4-8-12-19-13-9-6-10-14-19/h6,9-10,13-14H,2-5,7-8,11-12,15,17H2,1H3. The number of ketones is 1. The number of Topliss-reactive ketones (excluding diaryl/α,β-unsaturated/α-hetero) is 1. The fraction of sp³-hybridized carbons (Fsp3) is 0.571. The molecule has 0 radical (unpaired) electrons. The van der Waals surface area contributed by atoms with E-state index in [0.29, 0.717) is 6.42 Å². The molecule has 3 heteroatoms. The Morgan fingerprint density at radius 2 is 1.71 bits per heavy atom. The molecule has 0 unspecified atom stereocenters. The molecule has 24 heavy (non-hydrogen) atoms. The predicted molar refractivity (Wildman–Crippen MR) is 95.1 cm³/mol. The second-order valence-corrected chi connectivity index (χ2v) is 6.23. The molecule has 0 N–H and O–H groups in total. The van der Waals surface area contributed by atoms with Crippen molar-refractivity contribution in [2.45, 2.75) is 77.1 Å². The second kappa shape index (κ2) is 11.8. The van der Waals surface area contributed by atoms with Crippen LogP contribution in [0.3, 0.4) is 0 Å². The molecule has 0 amide bonds. The number of alkyl halides is 2. The van der Waals surface area contributed by atoms with Crippen LogP contribution in [0.15, 0.2) is 30.3 Å². The van der Waals surface area contributed by atoms with Gasteiger partial charge in [0.25, 0.3) is 0 Å². The van der Waals surface area contributed by atoms with Gasteiger partial charge in [0.1, 0.15) is 0 Å². The summed E-state index contributed by atoms with van der Waals surface area (Å²) in [5.41, 5.74) is 1.29. The summed E-state index contributed by atoms with van der Waals surface area (Å²) in [6.45, 7) is 2.03. The van der Waals surface area contributed by atoms with Crippen molar-refractivity contribution >= 4 is 5.78 Å². The van der Waals surface area contributed by atoms with Crippen molar-refractivity contribution in [3.05, 3.63) is 35.9 Å². The first kappa shape index (κ1) is 20.4. The molecule has 1 rings (SSSR count). The summed E-state index contributed by atoms with van der Waals surface area (Å²) < 4.78 is 27.2. The molecule has 1 aromatic carbocycles. The highest BCUT2D eigenvalue weighted by atomic mass is 19.3. The molecule has 1 aromatic rings. The first-order valence-electron chi connectivity index (χ1n) is 9.01. The van der Waals surface area contributed by atoms with E-state index in [1.54, 1.807) is 0 Å². The Bertz CT molecular complexity index is 526. The lowest BCUT2D eigenvalue weighted by Gasteiger charge is -2.08. The first-order valence-corrected chi connectivity index (χ1v) is 9.01. The lowest BCUT2D eigenvalue weighted by molar-refractivity contribution is -0.114. The number of aryl methyl sites for hydroxylation is 1. The molecule has 0 aromatic heterocycles. The van der Waals surface area contributed by atoms with E-state index in [2.05, 4.69) is 18.1 Å². The molecule has 0 atom stereocenters. The Kier molecular flexibility index (Phi) is 10.00. The van der Waals surface area contributed by atoms with Gasteiger partial charge in [0.2, 0.25) is 5.78 Å². The monoisotopic (exact) mass is 334 g/mol. The van der Waals surface area contributed by atoms with Crippen LogP contribution in [0.2, 0.25) is 0 Å². The summed E-state index contributed by atoms with van der Waals surface area (Å²) in [7, 11) is 0. The third-order valence-corrected chi connectivity index (χ3v) is 3.94. The average Bonchev–Trinajstić information content (AvgIpc) is 2.57. The van der Waals surface area contributed by atoms with E-state index in [-0.39, 0.29) is 18.6 Å². The number of carbonyl (C=O) groups is 1. The highest BCUT2D eigenvalue weighted by Gasteiger charge is 2.24. The third-order valence-electron chi connectivity index (χ3n) is 3.94. The average molecular weight is 334 g/mol. The Labute approximate surface area is 144 Å². The van der Waals surface area contributed by atoms with Crippen LogP contribution in [0.4, 0.5) is 8.78 Å². The molecule has 0 spiro atoms. The van der Waals surface area contributed by atoms with Gasteiger partial charge >= 0.3 is 5.92 Å². The summed E-state index contributed by atoms with van der Waals surface area (Å²) in [6, 6.07) is 10.2. The third kappa shape index (κ3) is 10.2. The molecule has 0 saturated carbocycles. The highest BCUT2D eigenvalue weighted by molar-refractivity contribution is 5.95. The van der Waals surface area contributed by atoms with Crippen molar-refractivity contribution in [3.63, 3.8) is 0 Å². The summed E-state index contributed by atoms with van der Waals surface area (Å²) >= 11 is 0. The van der Waals surface area contributed by atoms with Crippen molar-refractivity contribution in [2.75, 3.05) is 0 Å². The summed E-state index contributed by atoms with van der Waals surface area (Å²) in [6.07, 6.45) is 6.86. The largest absolute Gasteiger partial charge is 0.308 e.